The number of anilines is 1. The first kappa shape index (κ1) is 8.33. The monoisotopic (exact) mass is 165 g/mol. The Kier molecular flexibility index (Phi) is 3.17. The van der Waals surface area contributed by atoms with Gasteiger partial charge in [0.2, 0.25) is 0 Å². The maximum absolute atomic E-state index is 2.40. The molecule has 0 saturated heterocycles. The van der Waals surface area contributed by atoms with Crippen LogP contribution in [0, 0.1) is 0 Å². The fourth-order valence-electron chi connectivity index (χ4n) is 1.15. The molecule has 0 unspecified atom stereocenters. The topological polar surface area (TPSA) is 3.24 Å². The summed E-state index contributed by atoms with van der Waals surface area (Å²) in [5.74, 6) is 0. The van der Waals surface area contributed by atoms with Gasteiger partial charge in [0, 0.05) is 12.2 Å². The van der Waals surface area contributed by atoms with E-state index in [1.165, 1.54) is 18.7 Å². The summed E-state index contributed by atoms with van der Waals surface area (Å²) in [4.78, 5) is 0. The normalized spacial score (nSPS) is 9.91. The minimum atomic E-state index is 1.12. The molecule has 0 aliphatic heterocycles. The van der Waals surface area contributed by atoms with E-state index in [-0.39, 0.29) is 0 Å². The molecule has 0 aliphatic rings. The Balaban J connectivity index is 2.61. The standard InChI is InChI=1S/C9H15NSi/c1-2-8-10(11)9-6-4-3-5-7-9/h3-7H,2,8H2,1,11H3. The van der Waals surface area contributed by atoms with Crippen molar-refractivity contribution in [3.63, 3.8) is 0 Å². The lowest BCUT2D eigenvalue weighted by Crippen LogP contribution is -2.19. The van der Waals surface area contributed by atoms with Gasteiger partial charge in [0.25, 0.3) is 0 Å². The Labute approximate surface area is 71.5 Å². The molecule has 1 nitrogen and oxygen atoms in total. The molecule has 0 saturated carbocycles. The van der Waals surface area contributed by atoms with E-state index in [0.717, 1.165) is 10.4 Å². The predicted octanol–water partition coefficient (Wildman–Crippen LogP) is 1.18. The summed E-state index contributed by atoms with van der Waals surface area (Å²) in [7, 11) is 1.12. The van der Waals surface area contributed by atoms with Crippen molar-refractivity contribution in [1.29, 1.82) is 0 Å². The average molecular weight is 165 g/mol. The van der Waals surface area contributed by atoms with Gasteiger partial charge in [0.1, 0.15) is 10.4 Å². The highest BCUT2D eigenvalue weighted by atomic mass is 28.2. The van der Waals surface area contributed by atoms with Crippen molar-refractivity contribution in [2.24, 2.45) is 0 Å². The predicted molar refractivity (Wildman–Crippen MR) is 54.0 cm³/mol. The van der Waals surface area contributed by atoms with E-state index in [1.807, 2.05) is 0 Å². The highest BCUT2D eigenvalue weighted by molar-refractivity contribution is 6.17. The van der Waals surface area contributed by atoms with Crippen LogP contribution in [0.3, 0.4) is 0 Å². The van der Waals surface area contributed by atoms with E-state index in [2.05, 4.69) is 41.8 Å². The zero-order valence-electron chi connectivity index (χ0n) is 7.25. The zero-order valence-corrected chi connectivity index (χ0v) is 9.25. The number of hydrogen-bond acceptors (Lipinski definition) is 1. The van der Waals surface area contributed by atoms with E-state index in [9.17, 15) is 0 Å². The molecule has 1 aromatic carbocycles. The smallest absolute Gasteiger partial charge is 0.107 e. The second kappa shape index (κ2) is 4.19. The van der Waals surface area contributed by atoms with Gasteiger partial charge in [-0.3, -0.25) is 0 Å². The summed E-state index contributed by atoms with van der Waals surface area (Å²) in [6, 6.07) is 10.6. The van der Waals surface area contributed by atoms with E-state index >= 15 is 0 Å². The summed E-state index contributed by atoms with van der Waals surface area (Å²) in [5, 5.41) is 0. The van der Waals surface area contributed by atoms with E-state index < -0.39 is 0 Å². The van der Waals surface area contributed by atoms with Gasteiger partial charge in [-0.05, 0) is 18.6 Å². The number of para-hydroxylation sites is 1. The van der Waals surface area contributed by atoms with Crippen LogP contribution in [0.25, 0.3) is 0 Å². The van der Waals surface area contributed by atoms with Crippen molar-refractivity contribution in [2.75, 3.05) is 11.1 Å². The second-order valence-electron chi connectivity index (χ2n) is 2.76. The first-order valence-corrected chi connectivity index (χ1v) is 5.00. The summed E-state index contributed by atoms with van der Waals surface area (Å²) in [5.41, 5.74) is 1.36. The molecule has 0 aromatic heterocycles. The van der Waals surface area contributed by atoms with E-state index in [1.54, 1.807) is 0 Å². The van der Waals surface area contributed by atoms with Gasteiger partial charge in [0.15, 0.2) is 0 Å². The molecule has 0 spiro atoms. The van der Waals surface area contributed by atoms with Crippen LogP contribution in [-0.4, -0.2) is 16.9 Å². The third kappa shape index (κ3) is 2.39. The molecule has 1 aromatic rings. The molecule has 11 heavy (non-hydrogen) atoms. The van der Waals surface area contributed by atoms with E-state index in [4.69, 9.17) is 0 Å². The number of benzene rings is 1. The molecule has 0 radical (unpaired) electrons. The molecule has 60 valence electrons. The highest BCUT2D eigenvalue weighted by Crippen LogP contribution is 2.09. The number of rotatable bonds is 3. The number of hydrogen-bond donors (Lipinski definition) is 0. The first-order chi connectivity index (χ1) is 5.34. The average Bonchev–Trinajstić information content (AvgIpc) is 2.07. The Morgan fingerprint density at radius 2 is 1.91 bits per heavy atom. The lowest BCUT2D eigenvalue weighted by molar-refractivity contribution is 0.923. The summed E-state index contributed by atoms with van der Waals surface area (Å²) < 4.78 is 2.40. The summed E-state index contributed by atoms with van der Waals surface area (Å²) in [6.07, 6.45) is 1.23. The van der Waals surface area contributed by atoms with E-state index in [0.29, 0.717) is 0 Å². The van der Waals surface area contributed by atoms with Crippen LogP contribution in [0.1, 0.15) is 13.3 Å². The molecule has 0 amide bonds. The molecule has 0 atom stereocenters. The maximum Gasteiger partial charge on any atom is 0.107 e. The molecule has 0 heterocycles. The van der Waals surface area contributed by atoms with Crippen LogP contribution in [0.4, 0.5) is 5.69 Å². The van der Waals surface area contributed by atoms with Gasteiger partial charge < -0.3 is 4.57 Å². The van der Waals surface area contributed by atoms with Crippen LogP contribution < -0.4 is 4.57 Å². The molecular formula is C9H15NSi. The fraction of sp³-hybridized carbons (Fsp3) is 0.333. The van der Waals surface area contributed by atoms with Crippen LogP contribution in [0.2, 0.25) is 0 Å². The van der Waals surface area contributed by atoms with Gasteiger partial charge in [0.05, 0.1) is 0 Å². The fourth-order valence-corrected chi connectivity index (χ4v) is 1.89. The number of nitrogens with zero attached hydrogens (tertiary/aromatic N) is 1. The Bertz CT molecular complexity index is 198. The molecule has 0 aliphatic carbocycles. The molecular weight excluding hydrogens is 150 g/mol. The van der Waals surface area contributed by atoms with Gasteiger partial charge in [-0.25, -0.2) is 0 Å². The third-order valence-corrected chi connectivity index (χ3v) is 2.72. The van der Waals surface area contributed by atoms with Gasteiger partial charge in [-0.1, -0.05) is 25.1 Å². The van der Waals surface area contributed by atoms with Crippen LogP contribution in [-0.2, 0) is 0 Å². The Morgan fingerprint density at radius 1 is 1.27 bits per heavy atom. The molecule has 1 rings (SSSR count). The maximum atomic E-state index is 2.40. The SMILES string of the molecule is CCCN([SiH3])c1ccccc1. The first-order valence-electron chi connectivity index (χ1n) is 4.10. The highest BCUT2D eigenvalue weighted by Gasteiger charge is 1.94. The second-order valence-corrected chi connectivity index (χ2v) is 3.84. The molecule has 0 N–H and O–H groups in total. The van der Waals surface area contributed by atoms with Crippen LogP contribution in [0.15, 0.2) is 30.3 Å². The van der Waals surface area contributed by atoms with Gasteiger partial charge >= 0.3 is 0 Å². The van der Waals surface area contributed by atoms with Crippen molar-refractivity contribution in [3.05, 3.63) is 30.3 Å². The van der Waals surface area contributed by atoms with Crippen molar-refractivity contribution in [3.8, 4) is 0 Å². The molecule has 0 bridgehead atoms. The quantitative estimate of drug-likeness (QED) is 0.608. The summed E-state index contributed by atoms with van der Waals surface area (Å²) in [6.45, 7) is 3.41. The minimum Gasteiger partial charge on any atom is -0.406 e. The van der Waals surface area contributed by atoms with Crippen molar-refractivity contribution >= 4 is 16.1 Å². The van der Waals surface area contributed by atoms with Crippen molar-refractivity contribution in [2.45, 2.75) is 13.3 Å². The van der Waals surface area contributed by atoms with Gasteiger partial charge in [-0.2, -0.15) is 0 Å². The minimum absolute atomic E-state index is 1.12. The lowest BCUT2D eigenvalue weighted by atomic mass is 10.3. The zero-order chi connectivity index (χ0) is 8.10. The third-order valence-electron chi connectivity index (χ3n) is 1.76. The van der Waals surface area contributed by atoms with Crippen molar-refractivity contribution in [1.82, 2.24) is 0 Å². The molecule has 2 heteroatoms. The lowest BCUT2D eigenvalue weighted by Gasteiger charge is -2.18. The Hall–Kier alpha value is -0.763. The largest absolute Gasteiger partial charge is 0.406 e. The van der Waals surface area contributed by atoms with Crippen LogP contribution in [0.5, 0.6) is 0 Å². The Morgan fingerprint density at radius 3 is 2.45 bits per heavy atom. The van der Waals surface area contributed by atoms with Crippen molar-refractivity contribution < 1.29 is 0 Å². The molecule has 0 fully saturated rings. The van der Waals surface area contributed by atoms with Crippen LogP contribution >= 0.6 is 0 Å². The summed E-state index contributed by atoms with van der Waals surface area (Å²) >= 11 is 0. The van der Waals surface area contributed by atoms with Gasteiger partial charge in [-0.15, -0.1) is 0 Å².